The quantitative estimate of drug-likeness (QED) is 0.297. The zero-order chi connectivity index (χ0) is 23.5. The predicted molar refractivity (Wildman–Crippen MR) is 112 cm³/mol. The second-order valence-electron chi connectivity index (χ2n) is 6.89. The molecule has 0 radical (unpaired) electrons. The summed E-state index contributed by atoms with van der Waals surface area (Å²) in [5.74, 6) is -2.03. The van der Waals surface area contributed by atoms with E-state index in [2.05, 4.69) is 10.6 Å². The molecule has 2 atom stereocenters. The molecular weight excluding hydrogens is 422 g/mol. The van der Waals surface area contributed by atoms with Crippen LogP contribution in [0.5, 0.6) is 0 Å². The summed E-state index contributed by atoms with van der Waals surface area (Å²) in [5, 5.41) is 34.6. The van der Waals surface area contributed by atoms with E-state index in [0.29, 0.717) is 5.56 Å². The molecule has 11 heteroatoms. The average molecular weight is 445 g/mol. The lowest BCUT2D eigenvalue weighted by atomic mass is 10.1. The summed E-state index contributed by atoms with van der Waals surface area (Å²) in [7, 11) is 0. The summed E-state index contributed by atoms with van der Waals surface area (Å²) in [5.41, 5.74) is 1.13. The highest BCUT2D eigenvalue weighted by Gasteiger charge is 2.22. The van der Waals surface area contributed by atoms with Crippen molar-refractivity contribution in [1.82, 2.24) is 10.6 Å². The molecule has 2 aromatic carbocycles. The van der Waals surface area contributed by atoms with Crippen molar-refractivity contribution < 1.29 is 34.3 Å². The number of carboxylic acids is 1. The molecule has 4 N–H and O–H groups in total. The highest BCUT2D eigenvalue weighted by molar-refractivity contribution is 5.84. The number of benzene rings is 2. The van der Waals surface area contributed by atoms with Gasteiger partial charge in [0.2, 0.25) is 5.91 Å². The van der Waals surface area contributed by atoms with E-state index in [-0.39, 0.29) is 25.3 Å². The lowest BCUT2D eigenvalue weighted by Gasteiger charge is -2.17. The van der Waals surface area contributed by atoms with Crippen molar-refractivity contribution in [1.29, 1.82) is 0 Å². The third-order valence-corrected chi connectivity index (χ3v) is 4.34. The highest BCUT2D eigenvalue weighted by Crippen LogP contribution is 2.13. The number of ether oxygens (including phenoxy) is 1. The monoisotopic (exact) mass is 445 g/mol. The van der Waals surface area contributed by atoms with E-state index < -0.39 is 41.5 Å². The molecule has 0 bridgehead atoms. The Labute approximate surface area is 183 Å². The van der Waals surface area contributed by atoms with Crippen LogP contribution in [-0.4, -0.2) is 51.8 Å². The number of nitro groups is 1. The molecule has 0 fully saturated rings. The van der Waals surface area contributed by atoms with Crippen molar-refractivity contribution in [3.8, 4) is 0 Å². The van der Waals surface area contributed by atoms with Crippen LogP contribution in [0.3, 0.4) is 0 Å². The van der Waals surface area contributed by atoms with Crippen LogP contribution in [0.1, 0.15) is 17.5 Å². The lowest BCUT2D eigenvalue weighted by molar-refractivity contribution is -0.384. The molecule has 11 nitrogen and oxygen atoms in total. The Morgan fingerprint density at radius 2 is 1.69 bits per heavy atom. The smallest absolute Gasteiger partial charge is 0.407 e. The number of carboxylic acid groups (broad SMARTS) is 1. The Bertz CT molecular complexity index is 934. The summed E-state index contributed by atoms with van der Waals surface area (Å²) < 4.78 is 4.99. The van der Waals surface area contributed by atoms with Gasteiger partial charge in [0.25, 0.3) is 5.69 Å². The van der Waals surface area contributed by atoms with E-state index in [9.17, 15) is 34.7 Å². The first-order valence-corrected chi connectivity index (χ1v) is 9.62. The number of nitrogens with zero attached hydrogens (tertiary/aromatic N) is 1. The Morgan fingerprint density at radius 3 is 2.28 bits per heavy atom. The number of carbonyl (C=O) groups excluding carboxylic acids is 2. The number of non-ortho nitro benzene ring substituents is 1. The first-order chi connectivity index (χ1) is 15.2. The molecule has 2 amide bonds. The maximum atomic E-state index is 12.1. The van der Waals surface area contributed by atoms with Gasteiger partial charge in [-0.3, -0.25) is 14.9 Å². The van der Waals surface area contributed by atoms with Crippen LogP contribution in [0.4, 0.5) is 10.5 Å². The van der Waals surface area contributed by atoms with Crippen molar-refractivity contribution >= 4 is 23.7 Å². The SMILES string of the molecule is O=C(C[C@H](O)CNC(=O)OCc1ccccc1)N[C@H](Cc1ccc([N+](=O)[O-])cc1)C(=O)O. The third kappa shape index (κ3) is 8.40. The first-order valence-electron chi connectivity index (χ1n) is 9.62. The molecule has 0 heterocycles. The van der Waals surface area contributed by atoms with Gasteiger partial charge in [-0.2, -0.15) is 0 Å². The number of hydrogen-bond donors (Lipinski definition) is 4. The molecule has 2 rings (SSSR count). The Balaban J connectivity index is 1.76. The predicted octanol–water partition coefficient (Wildman–Crippen LogP) is 1.38. The van der Waals surface area contributed by atoms with Crippen LogP contribution in [-0.2, 0) is 27.4 Å². The van der Waals surface area contributed by atoms with Gasteiger partial charge < -0.3 is 25.6 Å². The van der Waals surface area contributed by atoms with Crippen LogP contribution in [0.25, 0.3) is 0 Å². The Morgan fingerprint density at radius 1 is 1.03 bits per heavy atom. The molecule has 0 aliphatic rings. The Kier molecular flexibility index (Phi) is 9.11. The normalized spacial score (nSPS) is 12.3. The fraction of sp³-hybridized carbons (Fsp3) is 0.286. The van der Waals surface area contributed by atoms with Gasteiger partial charge in [0.1, 0.15) is 12.6 Å². The molecular formula is C21H23N3O8. The van der Waals surface area contributed by atoms with Crippen LogP contribution in [0.2, 0.25) is 0 Å². The number of carbonyl (C=O) groups is 3. The minimum atomic E-state index is -1.30. The summed E-state index contributed by atoms with van der Waals surface area (Å²) >= 11 is 0. The number of rotatable bonds is 11. The molecule has 0 aromatic heterocycles. The molecule has 170 valence electrons. The number of aliphatic hydroxyl groups excluding tert-OH is 1. The maximum absolute atomic E-state index is 12.1. The van der Waals surface area contributed by atoms with Crippen LogP contribution >= 0.6 is 0 Å². The minimum Gasteiger partial charge on any atom is -0.480 e. The van der Waals surface area contributed by atoms with Gasteiger partial charge in [0.05, 0.1) is 17.4 Å². The van der Waals surface area contributed by atoms with Crippen LogP contribution < -0.4 is 10.6 Å². The lowest BCUT2D eigenvalue weighted by Crippen LogP contribution is -2.44. The zero-order valence-electron chi connectivity index (χ0n) is 17.0. The van der Waals surface area contributed by atoms with Crippen molar-refractivity contribution in [3.63, 3.8) is 0 Å². The second-order valence-corrected chi connectivity index (χ2v) is 6.89. The molecule has 0 aliphatic heterocycles. The number of aliphatic hydroxyl groups is 1. The average Bonchev–Trinajstić information content (AvgIpc) is 2.76. The molecule has 32 heavy (non-hydrogen) atoms. The van der Waals surface area contributed by atoms with E-state index in [4.69, 9.17) is 4.74 Å². The molecule has 0 unspecified atom stereocenters. The second kappa shape index (κ2) is 12.0. The highest BCUT2D eigenvalue weighted by atomic mass is 16.6. The number of nitrogens with one attached hydrogen (secondary N) is 2. The largest absolute Gasteiger partial charge is 0.480 e. The van der Waals surface area contributed by atoms with E-state index in [1.54, 1.807) is 24.3 Å². The van der Waals surface area contributed by atoms with Gasteiger partial charge in [-0.1, -0.05) is 42.5 Å². The van der Waals surface area contributed by atoms with Crippen molar-refractivity contribution in [3.05, 3.63) is 75.8 Å². The number of amides is 2. The van der Waals surface area contributed by atoms with Gasteiger partial charge in [0, 0.05) is 25.1 Å². The topological polar surface area (TPSA) is 168 Å². The first kappa shape index (κ1) is 24.3. The number of aliphatic carboxylic acids is 1. The zero-order valence-corrected chi connectivity index (χ0v) is 17.0. The van der Waals surface area contributed by atoms with E-state index in [1.807, 2.05) is 6.07 Å². The van der Waals surface area contributed by atoms with Crippen LogP contribution in [0, 0.1) is 10.1 Å². The fourth-order valence-electron chi connectivity index (χ4n) is 2.70. The third-order valence-electron chi connectivity index (χ3n) is 4.34. The van der Waals surface area contributed by atoms with Gasteiger partial charge in [-0.05, 0) is 11.1 Å². The maximum Gasteiger partial charge on any atom is 0.407 e. The van der Waals surface area contributed by atoms with E-state index in [1.165, 1.54) is 24.3 Å². The molecule has 0 spiro atoms. The van der Waals surface area contributed by atoms with Crippen molar-refractivity contribution in [2.45, 2.75) is 31.6 Å². The summed E-state index contributed by atoms with van der Waals surface area (Å²) in [6.45, 7) is -0.215. The fourth-order valence-corrected chi connectivity index (χ4v) is 2.70. The minimum absolute atomic E-state index is 0.0478. The van der Waals surface area contributed by atoms with Gasteiger partial charge >= 0.3 is 12.1 Å². The van der Waals surface area contributed by atoms with E-state index in [0.717, 1.165) is 5.56 Å². The molecule has 0 aliphatic carbocycles. The molecule has 0 saturated carbocycles. The van der Waals surface area contributed by atoms with Gasteiger partial charge in [-0.25, -0.2) is 9.59 Å². The summed E-state index contributed by atoms with van der Waals surface area (Å²) in [6, 6.07) is 13.0. The van der Waals surface area contributed by atoms with E-state index >= 15 is 0 Å². The van der Waals surface area contributed by atoms with Crippen LogP contribution in [0.15, 0.2) is 54.6 Å². The number of nitro benzene ring substituents is 1. The van der Waals surface area contributed by atoms with Crippen molar-refractivity contribution in [2.24, 2.45) is 0 Å². The summed E-state index contributed by atoms with van der Waals surface area (Å²) in [4.78, 5) is 45.3. The summed E-state index contributed by atoms with van der Waals surface area (Å²) in [6.07, 6.45) is -2.56. The number of hydrogen-bond acceptors (Lipinski definition) is 7. The number of alkyl carbamates (subject to hydrolysis) is 1. The van der Waals surface area contributed by atoms with Gasteiger partial charge in [-0.15, -0.1) is 0 Å². The molecule has 0 saturated heterocycles. The Hall–Kier alpha value is -3.99. The van der Waals surface area contributed by atoms with Crippen molar-refractivity contribution in [2.75, 3.05) is 6.54 Å². The standard InChI is InChI=1S/C21H23N3O8/c25-17(12-22-21(29)32-13-15-4-2-1-3-5-15)11-19(26)23-18(20(27)28)10-14-6-8-16(9-7-14)24(30)31/h1-9,17-18,25H,10-13H2,(H,22,29)(H,23,26)(H,27,28)/t17-,18+/m0/s1. The van der Waals surface area contributed by atoms with Gasteiger partial charge in [0.15, 0.2) is 0 Å². The molecule has 2 aromatic rings.